The van der Waals surface area contributed by atoms with Crippen LogP contribution < -0.4 is 20.5 Å². The average molecular weight is 277 g/mol. The number of rotatable bonds is 4. The molecule has 20 heavy (non-hydrogen) atoms. The fourth-order valence-corrected chi connectivity index (χ4v) is 2.34. The number of nitrogens with two attached hydrogens (primary N) is 1. The Morgan fingerprint density at radius 3 is 2.60 bits per heavy atom. The fourth-order valence-electron chi connectivity index (χ4n) is 2.34. The summed E-state index contributed by atoms with van der Waals surface area (Å²) in [6.45, 7) is 4.42. The lowest BCUT2D eigenvalue weighted by Crippen LogP contribution is -2.40. The summed E-state index contributed by atoms with van der Waals surface area (Å²) in [6, 6.07) is 5.80. The molecular weight excluding hydrogens is 254 g/mol. The van der Waals surface area contributed by atoms with Crippen molar-refractivity contribution in [3.8, 4) is 11.5 Å². The van der Waals surface area contributed by atoms with Crippen LogP contribution in [0, 0.1) is 5.41 Å². The van der Waals surface area contributed by atoms with Gasteiger partial charge in [-0.05, 0) is 30.4 Å². The zero-order chi connectivity index (χ0) is 14.8. The predicted molar refractivity (Wildman–Crippen MR) is 81.6 cm³/mol. The van der Waals surface area contributed by atoms with Crippen LogP contribution in [0.2, 0.25) is 0 Å². The Kier molecular flexibility index (Phi) is 4.06. The van der Waals surface area contributed by atoms with Crippen molar-refractivity contribution >= 4 is 11.6 Å². The minimum absolute atomic E-state index is 0.241. The highest BCUT2D eigenvalue weighted by Crippen LogP contribution is 2.42. The zero-order valence-corrected chi connectivity index (χ0v) is 12.6. The van der Waals surface area contributed by atoms with Gasteiger partial charge in [-0.2, -0.15) is 0 Å². The molecule has 0 saturated heterocycles. The van der Waals surface area contributed by atoms with E-state index in [0.29, 0.717) is 11.7 Å². The number of hydrogen-bond donors (Lipinski definition) is 2. The topological polar surface area (TPSA) is 68.9 Å². The van der Waals surface area contributed by atoms with E-state index in [9.17, 15) is 0 Å². The Balaban J connectivity index is 2.14. The Labute approximate surface area is 120 Å². The molecule has 1 saturated carbocycles. The standard InChI is InChI=1S/C15H23N3O2/c1-15(2)8-7-13(15)18-14(16)17-11-9-10(19-3)5-6-12(11)20-4/h5-6,9,13H,7-8H2,1-4H3,(H3,16,17,18). The second-order valence-electron chi connectivity index (χ2n) is 5.75. The Bertz CT molecular complexity index is 512. The van der Waals surface area contributed by atoms with Gasteiger partial charge < -0.3 is 20.5 Å². The zero-order valence-electron chi connectivity index (χ0n) is 12.6. The summed E-state index contributed by atoms with van der Waals surface area (Å²) in [5.74, 6) is 1.86. The second-order valence-corrected chi connectivity index (χ2v) is 5.75. The summed E-state index contributed by atoms with van der Waals surface area (Å²) in [7, 11) is 3.25. The van der Waals surface area contributed by atoms with Gasteiger partial charge in [0.05, 0.1) is 25.9 Å². The van der Waals surface area contributed by atoms with E-state index in [-0.39, 0.29) is 11.5 Å². The molecule has 3 N–H and O–H groups in total. The first-order valence-corrected chi connectivity index (χ1v) is 6.78. The van der Waals surface area contributed by atoms with Gasteiger partial charge in [0.15, 0.2) is 5.96 Å². The summed E-state index contributed by atoms with van der Waals surface area (Å²) < 4.78 is 10.5. The minimum atomic E-state index is 0.241. The van der Waals surface area contributed by atoms with E-state index < -0.39 is 0 Å². The fraction of sp³-hybridized carbons (Fsp3) is 0.533. The molecule has 1 atom stereocenters. The summed E-state index contributed by atoms with van der Waals surface area (Å²) in [6.07, 6.45) is 2.28. The maximum absolute atomic E-state index is 5.99. The van der Waals surface area contributed by atoms with Crippen molar-refractivity contribution in [3.63, 3.8) is 0 Å². The molecule has 5 heteroatoms. The Morgan fingerprint density at radius 2 is 2.10 bits per heavy atom. The molecule has 1 aromatic carbocycles. The first-order chi connectivity index (χ1) is 9.46. The number of aliphatic imine (C=N–C) groups is 1. The molecule has 1 unspecified atom stereocenters. The number of methoxy groups -OCH3 is 2. The van der Waals surface area contributed by atoms with Gasteiger partial charge in [-0.1, -0.05) is 13.8 Å². The van der Waals surface area contributed by atoms with Gasteiger partial charge in [0.25, 0.3) is 0 Å². The highest BCUT2D eigenvalue weighted by molar-refractivity contribution is 5.94. The normalized spacial score (nSPS) is 21.0. The largest absolute Gasteiger partial charge is 0.497 e. The van der Waals surface area contributed by atoms with Crippen LogP contribution in [0.3, 0.4) is 0 Å². The van der Waals surface area contributed by atoms with Crippen LogP contribution in [0.1, 0.15) is 26.7 Å². The lowest BCUT2D eigenvalue weighted by Gasteiger charge is -2.41. The molecule has 1 fully saturated rings. The van der Waals surface area contributed by atoms with Gasteiger partial charge in [-0.3, -0.25) is 0 Å². The number of hydrogen-bond acceptors (Lipinski definition) is 3. The molecule has 0 aliphatic heterocycles. The molecule has 110 valence electrons. The Hall–Kier alpha value is -1.91. The van der Waals surface area contributed by atoms with Crippen molar-refractivity contribution in [2.45, 2.75) is 32.7 Å². The maximum Gasteiger partial charge on any atom is 0.193 e. The van der Waals surface area contributed by atoms with Crippen molar-refractivity contribution < 1.29 is 9.47 Å². The van der Waals surface area contributed by atoms with Crippen LogP contribution in [-0.4, -0.2) is 26.2 Å². The van der Waals surface area contributed by atoms with E-state index >= 15 is 0 Å². The van der Waals surface area contributed by atoms with Gasteiger partial charge in [-0.15, -0.1) is 0 Å². The molecule has 1 aliphatic carbocycles. The van der Waals surface area contributed by atoms with Crippen molar-refractivity contribution in [1.82, 2.24) is 0 Å². The van der Waals surface area contributed by atoms with Crippen molar-refractivity contribution in [3.05, 3.63) is 18.2 Å². The third-order valence-electron chi connectivity index (χ3n) is 3.93. The van der Waals surface area contributed by atoms with Gasteiger partial charge in [0.1, 0.15) is 11.5 Å². The van der Waals surface area contributed by atoms with E-state index in [0.717, 1.165) is 17.9 Å². The lowest BCUT2D eigenvalue weighted by atomic mass is 9.68. The number of nitrogens with one attached hydrogen (secondary N) is 1. The third-order valence-corrected chi connectivity index (χ3v) is 3.93. The summed E-state index contributed by atoms with van der Waals surface area (Å²) >= 11 is 0. The molecule has 0 heterocycles. The predicted octanol–water partition coefficient (Wildman–Crippen LogP) is 2.62. The van der Waals surface area contributed by atoms with Gasteiger partial charge in [0.2, 0.25) is 0 Å². The van der Waals surface area contributed by atoms with Crippen molar-refractivity contribution in [2.75, 3.05) is 19.5 Å². The molecule has 1 aromatic rings. The number of ether oxygens (including phenoxy) is 2. The van der Waals surface area contributed by atoms with Crippen LogP contribution in [0.15, 0.2) is 23.2 Å². The van der Waals surface area contributed by atoms with Crippen LogP contribution in [0.5, 0.6) is 11.5 Å². The van der Waals surface area contributed by atoms with E-state index in [2.05, 4.69) is 24.2 Å². The van der Waals surface area contributed by atoms with Crippen LogP contribution >= 0.6 is 0 Å². The third kappa shape index (κ3) is 2.98. The highest BCUT2D eigenvalue weighted by Gasteiger charge is 2.38. The maximum atomic E-state index is 5.99. The van der Waals surface area contributed by atoms with Crippen molar-refractivity contribution in [1.29, 1.82) is 0 Å². The number of benzene rings is 1. The minimum Gasteiger partial charge on any atom is -0.497 e. The number of nitrogens with zero attached hydrogens (tertiary/aromatic N) is 1. The van der Waals surface area contributed by atoms with E-state index in [1.807, 2.05) is 18.2 Å². The molecule has 2 rings (SSSR count). The Morgan fingerprint density at radius 1 is 1.35 bits per heavy atom. The molecule has 0 aromatic heterocycles. The number of anilines is 1. The van der Waals surface area contributed by atoms with Gasteiger partial charge in [0, 0.05) is 6.07 Å². The summed E-state index contributed by atoms with van der Waals surface area (Å²) in [5.41, 5.74) is 6.99. The van der Waals surface area contributed by atoms with E-state index in [4.69, 9.17) is 15.2 Å². The van der Waals surface area contributed by atoms with Gasteiger partial charge >= 0.3 is 0 Å². The summed E-state index contributed by atoms with van der Waals surface area (Å²) in [4.78, 5) is 4.55. The molecular formula is C15H23N3O2. The molecule has 1 aliphatic rings. The monoisotopic (exact) mass is 277 g/mol. The molecule has 0 radical (unpaired) electrons. The SMILES string of the molecule is COc1ccc(OC)c(NC(N)=NC2CCC2(C)C)c1. The van der Waals surface area contributed by atoms with Crippen LogP contribution in [0.25, 0.3) is 0 Å². The van der Waals surface area contributed by atoms with E-state index in [1.54, 1.807) is 14.2 Å². The molecule has 0 spiro atoms. The summed E-state index contributed by atoms with van der Waals surface area (Å²) in [5, 5.41) is 3.10. The molecule has 0 bridgehead atoms. The first-order valence-electron chi connectivity index (χ1n) is 6.78. The van der Waals surface area contributed by atoms with Gasteiger partial charge in [-0.25, -0.2) is 4.99 Å². The first kappa shape index (κ1) is 14.5. The highest BCUT2D eigenvalue weighted by atomic mass is 16.5. The molecule has 5 nitrogen and oxygen atoms in total. The van der Waals surface area contributed by atoms with Crippen molar-refractivity contribution in [2.24, 2.45) is 16.1 Å². The quantitative estimate of drug-likeness (QED) is 0.655. The van der Waals surface area contributed by atoms with Crippen LogP contribution in [0.4, 0.5) is 5.69 Å². The van der Waals surface area contributed by atoms with E-state index in [1.165, 1.54) is 6.42 Å². The average Bonchev–Trinajstić information content (AvgIpc) is 2.43. The lowest BCUT2D eigenvalue weighted by molar-refractivity contribution is 0.145. The second kappa shape index (κ2) is 5.61. The smallest absolute Gasteiger partial charge is 0.193 e. The molecule has 0 amide bonds. The van der Waals surface area contributed by atoms with Crippen LogP contribution in [-0.2, 0) is 0 Å². The number of guanidine groups is 1.